The lowest BCUT2D eigenvalue weighted by molar-refractivity contribution is -0.133. The molecule has 0 saturated carbocycles. The number of aromatic nitrogens is 4. The van der Waals surface area contributed by atoms with Crippen LogP contribution in [0.2, 0.25) is 0 Å². The number of carboxylic acids is 1. The van der Waals surface area contributed by atoms with Crippen LogP contribution in [0.4, 0.5) is 0 Å². The number of fused-ring (bicyclic) bond motifs is 1. The number of hydrogen-bond acceptors (Lipinski definition) is 4. The summed E-state index contributed by atoms with van der Waals surface area (Å²) in [5, 5.41) is 13.9. The predicted octanol–water partition coefficient (Wildman–Crippen LogP) is 2.23. The van der Waals surface area contributed by atoms with Gasteiger partial charge in [0, 0.05) is 13.1 Å². The Balaban J connectivity index is 2.55. The van der Waals surface area contributed by atoms with Gasteiger partial charge in [-0.1, -0.05) is 18.7 Å². The zero-order valence-corrected chi connectivity index (χ0v) is 12.4. The SMILES string of the molecule is CCC(C)n1c(SCC(=O)O)nc2c(C)nn(C)c21. The highest BCUT2D eigenvalue weighted by atomic mass is 32.2. The van der Waals surface area contributed by atoms with E-state index in [1.807, 2.05) is 18.7 Å². The third-order valence-electron chi connectivity index (χ3n) is 3.16. The lowest BCUT2D eigenvalue weighted by atomic mass is 10.2. The fourth-order valence-corrected chi connectivity index (χ4v) is 2.90. The summed E-state index contributed by atoms with van der Waals surface area (Å²) >= 11 is 1.26. The van der Waals surface area contributed by atoms with Crippen molar-refractivity contribution >= 4 is 28.9 Å². The molecule has 19 heavy (non-hydrogen) atoms. The van der Waals surface area contributed by atoms with Crippen LogP contribution < -0.4 is 0 Å². The highest BCUT2D eigenvalue weighted by Crippen LogP contribution is 2.30. The number of imidazole rings is 1. The molecule has 0 bridgehead atoms. The maximum absolute atomic E-state index is 10.7. The molecule has 0 saturated heterocycles. The van der Waals surface area contributed by atoms with Crippen LogP contribution in [0.1, 0.15) is 32.0 Å². The molecular weight excluding hydrogens is 264 g/mol. The number of hydrogen-bond donors (Lipinski definition) is 1. The van der Waals surface area contributed by atoms with Gasteiger partial charge in [-0.3, -0.25) is 9.48 Å². The number of nitrogens with zero attached hydrogens (tertiary/aromatic N) is 4. The first-order valence-corrected chi connectivity index (χ1v) is 7.20. The van der Waals surface area contributed by atoms with Gasteiger partial charge in [0.15, 0.2) is 10.8 Å². The van der Waals surface area contributed by atoms with Gasteiger partial charge in [0.25, 0.3) is 0 Å². The van der Waals surface area contributed by atoms with Crippen LogP contribution in [0.25, 0.3) is 11.2 Å². The molecule has 1 unspecified atom stereocenters. The molecule has 0 fully saturated rings. The smallest absolute Gasteiger partial charge is 0.313 e. The molecule has 2 aromatic heterocycles. The van der Waals surface area contributed by atoms with E-state index in [4.69, 9.17) is 5.11 Å². The molecule has 1 N–H and O–H groups in total. The van der Waals surface area contributed by atoms with Crippen LogP contribution in [-0.2, 0) is 11.8 Å². The van der Waals surface area contributed by atoms with Gasteiger partial charge in [-0.25, -0.2) is 4.98 Å². The van der Waals surface area contributed by atoms with Crippen molar-refractivity contribution in [2.45, 2.75) is 38.4 Å². The lowest BCUT2D eigenvalue weighted by Gasteiger charge is -2.15. The maximum atomic E-state index is 10.7. The van der Waals surface area contributed by atoms with Crippen LogP contribution in [0.15, 0.2) is 5.16 Å². The monoisotopic (exact) mass is 282 g/mol. The van der Waals surface area contributed by atoms with E-state index in [-0.39, 0.29) is 11.8 Å². The van der Waals surface area contributed by atoms with Crippen molar-refractivity contribution in [3.05, 3.63) is 5.69 Å². The average Bonchev–Trinajstić information content (AvgIpc) is 2.85. The van der Waals surface area contributed by atoms with E-state index in [9.17, 15) is 4.79 Å². The number of rotatable bonds is 5. The summed E-state index contributed by atoms with van der Waals surface area (Å²) < 4.78 is 3.90. The van der Waals surface area contributed by atoms with Crippen molar-refractivity contribution in [3.8, 4) is 0 Å². The minimum Gasteiger partial charge on any atom is -0.481 e. The van der Waals surface area contributed by atoms with E-state index in [0.29, 0.717) is 0 Å². The Kier molecular flexibility index (Phi) is 3.84. The molecule has 0 spiro atoms. The van der Waals surface area contributed by atoms with E-state index in [2.05, 4.69) is 28.5 Å². The molecule has 0 aromatic carbocycles. The van der Waals surface area contributed by atoms with Crippen LogP contribution >= 0.6 is 11.8 Å². The molecule has 0 amide bonds. The van der Waals surface area contributed by atoms with Gasteiger partial charge < -0.3 is 9.67 Å². The Labute approximate surface area is 115 Å². The Morgan fingerprint density at radius 1 is 1.53 bits per heavy atom. The summed E-state index contributed by atoms with van der Waals surface area (Å²) in [7, 11) is 1.89. The molecule has 6 nitrogen and oxygen atoms in total. The highest BCUT2D eigenvalue weighted by molar-refractivity contribution is 7.99. The largest absolute Gasteiger partial charge is 0.481 e. The van der Waals surface area contributed by atoms with E-state index in [1.54, 1.807) is 0 Å². The summed E-state index contributed by atoms with van der Waals surface area (Å²) in [5.74, 6) is -0.811. The number of carboxylic acid groups (broad SMARTS) is 1. The minimum atomic E-state index is -0.831. The molecule has 104 valence electrons. The van der Waals surface area contributed by atoms with Gasteiger partial charge in [-0.15, -0.1) is 0 Å². The topological polar surface area (TPSA) is 72.9 Å². The Morgan fingerprint density at radius 3 is 2.79 bits per heavy atom. The first-order chi connectivity index (χ1) is 8.95. The number of aryl methyl sites for hydroxylation is 2. The van der Waals surface area contributed by atoms with Gasteiger partial charge in [-0.05, 0) is 20.3 Å². The first-order valence-electron chi connectivity index (χ1n) is 6.21. The maximum Gasteiger partial charge on any atom is 0.313 e. The van der Waals surface area contributed by atoms with Gasteiger partial charge in [0.2, 0.25) is 0 Å². The summed E-state index contributed by atoms with van der Waals surface area (Å²) in [6, 6.07) is 0.260. The zero-order valence-electron chi connectivity index (χ0n) is 11.5. The fraction of sp³-hybridized carbons (Fsp3) is 0.583. The third-order valence-corrected chi connectivity index (χ3v) is 4.10. The second-order valence-electron chi connectivity index (χ2n) is 4.59. The molecule has 7 heteroatoms. The van der Waals surface area contributed by atoms with E-state index in [0.717, 1.165) is 28.4 Å². The third kappa shape index (κ3) is 2.47. The van der Waals surface area contributed by atoms with Crippen molar-refractivity contribution in [2.75, 3.05) is 5.75 Å². The average molecular weight is 282 g/mol. The summed E-state index contributed by atoms with van der Waals surface area (Å²) in [6.45, 7) is 6.13. The summed E-state index contributed by atoms with van der Waals surface area (Å²) in [4.78, 5) is 15.3. The van der Waals surface area contributed by atoms with Crippen LogP contribution in [0, 0.1) is 6.92 Å². The second-order valence-corrected chi connectivity index (χ2v) is 5.53. The van der Waals surface area contributed by atoms with Crippen molar-refractivity contribution in [1.29, 1.82) is 0 Å². The Bertz CT molecular complexity index is 617. The molecule has 0 aliphatic carbocycles. The second kappa shape index (κ2) is 5.24. The molecule has 2 rings (SSSR count). The van der Waals surface area contributed by atoms with Gasteiger partial charge in [0.05, 0.1) is 11.4 Å². The Hall–Kier alpha value is -1.50. The Morgan fingerprint density at radius 2 is 2.21 bits per heavy atom. The van der Waals surface area contributed by atoms with Gasteiger partial charge in [-0.2, -0.15) is 5.10 Å². The normalized spacial score (nSPS) is 13.1. The highest BCUT2D eigenvalue weighted by Gasteiger charge is 2.21. The van der Waals surface area contributed by atoms with Gasteiger partial charge in [0.1, 0.15) is 5.52 Å². The van der Waals surface area contributed by atoms with Crippen molar-refractivity contribution in [2.24, 2.45) is 7.05 Å². The summed E-state index contributed by atoms with van der Waals surface area (Å²) in [6.07, 6.45) is 0.955. The van der Waals surface area contributed by atoms with E-state index >= 15 is 0 Å². The zero-order chi connectivity index (χ0) is 14.2. The predicted molar refractivity (Wildman–Crippen MR) is 74.6 cm³/mol. The molecule has 2 heterocycles. The molecule has 0 aliphatic rings. The van der Waals surface area contributed by atoms with E-state index in [1.165, 1.54) is 11.8 Å². The fourth-order valence-electron chi connectivity index (χ4n) is 2.08. The number of carbonyl (C=O) groups is 1. The minimum absolute atomic E-state index is 0.0201. The van der Waals surface area contributed by atoms with Crippen LogP contribution in [0.5, 0.6) is 0 Å². The molecule has 0 radical (unpaired) electrons. The first kappa shape index (κ1) is 13.9. The molecular formula is C12H18N4O2S. The van der Waals surface area contributed by atoms with Crippen molar-refractivity contribution < 1.29 is 9.90 Å². The summed E-state index contributed by atoms with van der Waals surface area (Å²) in [5.41, 5.74) is 2.69. The number of thioether (sulfide) groups is 1. The molecule has 2 aromatic rings. The quantitative estimate of drug-likeness (QED) is 0.851. The van der Waals surface area contributed by atoms with Crippen LogP contribution in [0.3, 0.4) is 0 Å². The standard InChI is InChI=1S/C12H18N4O2S/c1-5-7(2)16-11-10(8(3)14-15(11)4)13-12(16)19-6-9(17)18/h7H,5-6H2,1-4H3,(H,17,18). The lowest BCUT2D eigenvalue weighted by Crippen LogP contribution is -2.10. The van der Waals surface area contributed by atoms with Crippen molar-refractivity contribution in [3.63, 3.8) is 0 Å². The molecule has 0 aliphatic heterocycles. The van der Waals surface area contributed by atoms with Gasteiger partial charge >= 0.3 is 5.97 Å². The van der Waals surface area contributed by atoms with Crippen LogP contribution in [-0.4, -0.2) is 36.2 Å². The number of aliphatic carboxylic acids is 1. The van der Waals surface area contributed by atoms with Crippen molar-refractivity contribution in [1.82, 2.24) is 19.3 Å². The van der Waals surface area contributed by atoms with E-state index < -0.39 is 5.97 Å². The molecule has 1 atom stereocenters.